The number of nitrogens with one attached hydrogen (secondary N) is 1. The number of benzene rings is 1. The summed E-state index contributed by atoms with van der Waals surface area (Å²) >= 11 is 5.95. The molecule has 0 saturated heterocycles. The van der Waals surface area contributed by atoms with Crippen LogP contribution in [0.2, 0.25) is 5.02 Å². The van der Waals surface area contributed by atoms with Crippen molar-refractivity contribution >= 4 is 23.2 Å². The Hall–Kier alpha value is -2.81. The average molecular weight is 440 g/mol. The number of aryl methyl sites for hydroxylation is 1. The molecule has 1 aromatic carbocycles. The first-order valence-electron chi connectivity index (χ1n) is 9.26. The van der Waals surface area contributed by atoms with Crippen LogP contribution >= 0.6 is 11.6 Å². The zero-order valence-electron chi connectivity index (χ0n) is 16.8. The van der Waals surface area contributed by atoms with Crippen molar-refractivity contribution < 1.29 is 18.0 Å². The molecule has 2 aromatic heterocycles. The number of imidazole rings is 1. The molecule has 0 aliphatic carbocycles. The van der Waals surface area contributed by atoms with Crippen LogP contribution in [-0.2, 0) is 11.0 Å². The zero-order chi connectivity index (χ0) is 22.2. The van der Waals surface area contributed by atoms with E-state index in [1.165, 1.54) is 24.6 Å². The number of amides is 1. The number of rotatable bonds is 5. The largest absolute Gasteiger partial charge is 0.434 e. The number of halogens is 4. The van der Waals surface area contributed by atoms with Gasteiger partial charge in [0.15, 0.2) is 5.69 Å². The lowest BCUT2D eigenvalue weighted by atomic mass is 10.1. The number of nitrogens with zero attached hydrogens (tertiary/aromatic N) is 4. The highest BCUT2D eigenvalue weighted by molar-refractivity contribution is 6.30. The van der Waals surface area contributed by atoms with Gasteiger partial charge in [-0.3, -0.25) is 4.79 Å². The van der Waals surface area contributed by atoms with Crippen LogP contribution in [0.25, 0.3) is 5.69 Å². The molecule has 1 N–H and O–H groups in total. The minimum Gasteiger partial charge on any atom is -0.322 e. The molecule has 0 spiro atoms. The second-order valence-corrected chi connectivity index (χ2v) is 7.67. The number of hydrogen-bond donors (Lipinski definition) is 1. The second kappa shape index (κ2) is 8.14. The number of anilines is 1. The Morgan fingerprint density at radius 3 is 2.33 bits per heavy atom. The summed E-state index contributed by atoms with van der Waals surface area (Å²) in [5.74, 6) is -0.353. The number of alkyl halides is 3. The number of hydrogen-bond acceptors (Lipinski definition) is 3. The van der Waals surface area contributed by atoms with E-state index < -0.39 is 23.8 Å². The molecule has 3 aromatic rings. The van der Waals surface area contributed by atoms with E-state index in [9.17, 15) is 18.0 Å². The third-order valence-electron chi connectivity index (χ3n) is 4.69. The lowest BCUT2D eigenvalue weighted by molar-refractivity contribution is -0.141. The Bertz CT molecular complexity index is 1050. The highest BCUT2D eigenvalue weighted by Crippen LogP contribution is 2.31. The van der Waals surface area contributed by atoms with Gasteiger partial charge in [-0.25, -0.2) is 9.67 Å². The van der Waals surface area contributed by atoms with Crippen LogP contribution < -0.4 is 5.32 Å². The van der Waals surface area contributed by atoms with Gasteiger partial charge in [-0.2, -0.15) is 18.3 Å². The van der Waals surface area contributed by atoms with Gasteiger partial charge in [0, 0.05) is 11.2 Å². The number of aromatic nitrogens is 4. The summed E-state index contributed by atoms with van der Waals surface area (Å²) in [6.07, 6.45) is -2.20. The van der Waals surface area contributed by atoms with Crippen molar-refractivity contribution in [2.24, 2.45) is 0 Å². The van der Waals surface area contributed by atoms with Gasteiger partial charge in [0.1, 0.15) is 11.9 Å². The fraction of sp³-hybridized carbons (Fsp3) is 0.350. The van der Waals surface area contributed by atoms with E-state index in [2.05, 4.69) is 15.4 Å². The van der Waals surface area contributed by atoms with Crippen LogP contribution in [0.4, 0.5) is 18.9 Å². The van der Waals surface area contributed by atoms with Crippen LogP contribution in [0.3, 0.4) is 0 Å². The maximum absolute atomic E-state index is 12.9. The van der Waals surface area contributed by atoms with Crippen molar-refractivity contribution in [2.75, 3.05) is 5.32 Å². The maximum Gasteiger partial charge on any atom is 0.434 e. The van der Waals surface area contributed by atoms with Crippen molar-refractivity contribution in [2.45, 2.75) is 45.8 Å². The van der Waals surface area contributed by atoms with Gasteiger partial charge in [-0.05, 0) is 44.0 Å². The summed E-state index contributed by atoms with van der Waals surface area (Å²) in [4.78, 5) is 16.3. The Kier molecular flexibility index (Phi) is 5.94. The Morgan fingerprint density at radius 1 is 1.17 bits per heavy atom. The van der Waals surface area contributed by atoms with E-state index in [-0.39, 0.29) is 11.7 Å². The first kappa shape index (κ1) is 21.9. The molecule has 1 atom stereocenters. The molecule has 0 saturated carbocycles. The molecule has 0 aliphatic heterocycles. The molecule has 2 heterocycles. The van der Waals surface area contributed by atoms with Gasteiger partial charge in [0.05, 0.1) is 23.3 Å². The Balaban J connectivity index is 1.88. The maximum atomic E-state index is 12.9. The first-order chi connectivity index (χ1) is 14.0. The van der Waals surface area contributed by atoms with Crippen molar-refractivity contribution in [3.8, 4) is 5.69 Å². The van der Waals surface area contributed by atoms with Crippen molar-refractivity contribution in [1.82, 2.24) is 19.3 Å². The summed E-state index contributed by atoms with van der Waals surface area (Å²) in [7, 11) is 0. The molecule has 3 rings (SSSR count). The predicted octanol–water partition coefficient (Wildman–Crippen LogP) is 5.37. The fourth-order valence-electron chi connectivity index (χ4n) is 3.18. The number of carbonyl (C=O) groups is 1. The molecule has 0 aliphatic rings. The molecule has 0 bridgehead atoms. The zero-order valence-corrected chi connectivity index (χ0v) is 17.6. The smallest absolute Gasteiger partial charge is 0.322 e. The molecule has 10 heteroatoms. The van der Waals surface area contributed by atoms with Crippen LogP contribution in [0.5, 0.6) is 0 Å². The molecule has 160 valence electrons. The number of carbonyl (C=O) groups excluding carboxylic acids is 1. The lowest BCUT2D eigenvalue weighted by Gasteiger charge is -2.17. The van der Waals surface area contributed by atoms with E-state index in [1.807, 2.05) is 26.0 Å². The normalized spacial score (nSPS) is 13.0. The molecule has 30 heavy (non-hydrogen) atoms. The van der Waals surface area contributed by atoms with Gasteiger partial charge < -0.3 is 9.88 Å². The summed E-state index contributed by atoms with van der Waals surface area (Å²) in [6.45, 7) is 6.86. The Labute approximate surface area is 176 Å². The van der Waals surface area contributed by atoms with Crippen molar-refractivity contribution in [3.05, 3.63) is 58.9 Å². The minimum atomic E-state index is -4.57. The minimum absolute atomic E-state index is 0.0144. The van der Waals surface area contributed by atoms with E-state index in [1.54, 1.807) is 16.8 Å². The molecular formula is C20H21ClF3N5O. The second-order valence-electron chi connectivity index (χ2n) is 7.23. The highest BCUT2D eigenvalue weighted by atomic mass is 35.5. The first-order valence-corrected chi connectivity index (χ1v) is 9.64. The summed E-state index contributed by atoms with van der Waals surface area (Å²) < 4.78 is 41.7. The van der Waals surface area contributed by atoms with Crippen molar-refractivity contribution in [1.29, 1.82) is 0 Å². The third-order valence-corrected chi connectivity index (χ3v) is 4.94. The van der Waals surface area contributed by atoms with Gasteiger partial charge in [-0.15, -0.1) is 0 Å². The average Bonchev–Trinajstić information content (AvgIpc) is 3.25. The van der Waals surface area contributed by atoms with Crippen LogP contribution in [0.1, 0.15) is 49.9 Å². The van der Waals surface area contributed by atoms with Crippen LogP contribution in [0, 0.1) is 6.92 Å². The summed E-state index contributed by atoms with van der Waals surface area (Å²) in [5, 5.41) is 7.75. The summed E-state index contributed by atoms with van der Waals surface area (Å²) in [6, 6.07) is 6.20. The molecule has 0 radical (unpaired) electrons. The lowest BCUT2D eigenvalue weighted by Crippen LogP contribution is -2.24. The van der Waals surface area contributed by atoms with Crippen LogP contribution in [-0.4, -0.2) is 25.2 Å². The van der Waals surface area contributed by atoms with Gasteiger partial charge in [0.25, 0.3) is 0 Å². The highest BCUT2D eigenvalue weighted by Gasteiger charge is 2.35. The summed E-state index contributed by atoms with van der Waals surface area (Å²) in [5.41, 5.74) is 0.997. The molecule has 6 nitrogen and oxygen atoms in total. The van der Waals surface area contributed by atoms with Gasteiger partial charge in [-0.1, -0.05) is 25.4 Å². The van der Waals surface area contributed by atoms with Crippen molar-refractivity contribution in [3.63, 3.8) is 0 Å². The topological polar surface area (TPSA) is 64.7 Å². The molecule has 0 fully saturated rings. The quantitative estimate of drug-likeness (QED) is 0.581. The van der Waals surface area contributed by atoms with E-state index >= 15 is 0 Å². The Morgan fingerprint density at radius 2 is 1.80 bits per heavy atom. The van der Waals surface area contributed by atoms with Gasteiger partial charge in [0.2, 0.25) is 5.91 Å². The fourth-order valence-corrected chi connectivity index (χ4v) is 3.30. The third kappa shape index (κ3) is 4.35. The van der Waals surface area contributed by atoms with Crippen LogP contribution in [0.15, 0.2) is 36.7 Å². The SMILES string of the molecule is Cc1nc(C(F)(F)F)cn1[C@@H](C)C(=O)Nc1cnn(-c2ccc(Cl)cc2)c1C(C)C. The standard InChI is InChI=1S/C20H21ClF3N5O/c1-11(2)18-16(9-25-29(18)15-7-5-14(21)6-8-15)27-19(30)12(3)28-10-17(20(22,23)24)26-13(28)4/h5-12H,1-4H3,(H,27,30)/t12-/m0/s1. The predicted molar refractivity (Wildman–Crippen MR) is 108 cm³/mol. The van der Waals surface area contributed by atoms with E-state index in [0.29, 0.717) is 10.7 Å². The van der Waals surface area contributed by atoms with E-state index in [4.69, 9.17) is 11.6 Å². The molecule has 0 unspecified atom stereocenters. The molecule has 1 amide bonds. The van der Waals surface area contributed by atoms with E-state index in [0.717, 1.165) is 17.6 Å². The van der Waals surface area contributed by atoms with Gasteiger partial charge >= 0.3 is 6.18 Å². The molecular weight excluding hydrogens is 419 g/mol. The monoisotopic (exact) mass is 439 g/mol.